The number of aromatic hydroxyl groups is 1. The molecule has 244 valence electrons. The fourth-order valence-electron chi connectivity index (χ4n) is 7.76. The SMILES string of the molecule is CCC/C(=C\c1cc(C)c(O)c(C)c1)CC[C@H]1OB(O)C[C@H]2C1=C(CO)C[C@H]1C(=O)N(c3ccc(Nc4ccccc4)cc3)C(=O)[C@H]12. The lowest BCUT2D eigenvalue weighted by Gasteiger charge is -2.43. The number of carbonyl (C=O) groups excluding carboxylic acids is 2. The molecule has 2 fully saturated rings. The summed E-state index contributed by atoms with van der Waals surface area (Å²) < 4.78 is 6.11. The van der Waals surface area contributed by atoms with Gasteiger partial charge >= 0.3 is 7.12 Å². The van der Waals surface area contributed by atoms with Gasteiger partial charge in [0.05, 0.1) is 30.2 Å². The monoisotopic (exact) mass is 634 g/mol. The van der Waals surface area contributed by atoms with E-state index in [2.05, 4.69) is 18.3 Å². The van der Waals surface area contributed by atoms with E-state index in [9.17, 15) is 24.8 Å². The topological polar surface area (TPSA) is 119 Å². The van der Waals surface area contributed by atoms with E-state index in [1.807, 2.05) is 68.4 Å². The number of phenolic OH excluding ortho intramolecular Hbond substituents is 1. The summed E-state index contributed by atoms with van der Waals surface area (Å²) in [6.07, 6.45) is 5.31. The molecule has 9 heteroatoms. The lowest BCUT2D eigenvalue weighted by atomic mass is 9.58. The number of imide groups is 1. The highest BCUT2D eigenvalue weighted by Gasteiger charge is 2.57. The first kappa shape index (κ1) is 32.8. The van der Waals surface area contributed by atoms with Crippen LogP contribution in [0.2, 0.25) is 6.32 Å². The van der Waals surface area contributed by atoms with Gasteiger partial charge in [-0.1, -0.05) is 43.2 Å². The molecule has 8 nitrogen and oxygen atoms in total. The van der Waals surface area contributed by atoms with Gasteiger partial charge in [-0.25, -0.2) is 0 Å². The van der Waals surface area contributed by atoms with Crippen LogP contribution >= 0.6 is 0 Å². The molecule has 0 saturated carbocycles. The largest absolute Gasteiger partial charge is 0.507 e. The lowest BCUT2D eigenvalue weighted by Crippen LogP contribution is -2.46. The zero-order chi connectivity index (χ0) is 33.2. The first-order chi connectivity index (χ1) is 22.7. The van der Waals surface area contributed by atoms with Crippen molar-refractivity contribution >= 4 is 42.1 Å². The van der Waals surface area contributed by atoms with Gasteiger partial charge in [0.2, 0.25) is 11.8 Å². The van der Waals surface area contributed by atoms with E-state index in [0.29, 0.717) is 30.7 Å². The molecule has 0 unspecified atom stereocenters. The maximum absolute atomic E-state index is 14.1. The molecule has 0 radical (unpaired) electrons. The fraction of sp³-hybridized carbons (Fsp3) is 0.368. The molecule has 2 aliphatic heterocycles. The average Bonchev–Trinajstić information content (AvgIpc) is 3.31. The van der Waals surface area contributed by atoms with Gasteiger partial charge in [-0.05, 0) is 128 Å². The van der Waals surface area contributed by atoms with E-state index in [1.165, 1.54) is 10.5 Å². The zero-order valence-electron chi connectivity index (χ0n) is 27.3. The second kappa shape index (κ2) is 13.9. The minimum atomic E-state index is -1.08. The van der Waals surface area contributed by atoms with Crippen molar-refractivity contribution in [1.82, 2.24) is 0 Å². The van der Waals surface area contributed by atoms with Crippen molar-refractivity contribution in [2.45, 2.75) is 65.3 Å². The molecule has 0 spiro atoms. The van der Waals surface area contributed by atoms with Gasteiger partial charge in [0.15, 0.2) is 0 Å². The molecule has 2 amide bonds. The number of hydrogen-bond acceptors (Lipinski definition) is 7. The summed E-state index contributed by atoms with van der Waals surface area (Å²) in [6, 6.07) is 21.0. The maximum atomic E-state index is 14.1. The number of para-hydroxylation sites is 1. The number of allylic oxidation sites excluding steroid dienone is 1. The molecular weight excluding hydrogens is 591 g/mol. The third-order valence-corrected chi connectivity index (χ3v) is 9.87. The van der Waals surface area contributed by atoms with Crippen molar-refractivity contribution in [3.8, 4) is 5.75 Å². The smallest absolute Gasteiger partial charge is 0.455 e. The number of aliphatic hydroxyl groups excluding tert-OH is 1. The van der Waals surface area contributed by atoms with Crippen LogP contribution in [-0.2, 0) is 14.2 Å². The number of amides is 2. The number of anilines is 3. The Hall–Kier alpha value is -4.18. The van der Waals surface area contributed by atoms with Crippen molar-refractivity contribution in [2.24, 2.45) is 17.8 Å². The Kier molecular flexibility index (Phi) is 9.68. The molecule has 0 bridgehead atoms. The molecular formula is C38H43BN2O6. The summed E-state index contributed by atoms with van der Waals surface area (Å²) >= 11 is 0. The van der Waals surface area contributed by atoms with Gasteiger partial charge in [-0.15, -0.1) is 0 Å². The Morgan fingerprint density at radius 1 is 0.979 bits per heavy atom. The van der Waals surface area contributed by atoms with Crippen LogP contribution in [0, 0.1) is 31.6 Å². The molecule has 0 aromatic heterocycles. The number of benzene rings is 3. The highest BCUT2D eigenvalue weighted by molar-refractivity contribution is 6.43. The highest BCUT2D eigenvalue weighted by atomic mass is 16.5. The van der Waals surface area contributed by atoms with Crippen LogP contribution in [0.25, 0.3) is 6.08 Å². The molecule has 6 rings (SSSR count). The zero-order valence-corrected chi connectivity index (χ0v) is 27.3. The van der Waals surface area contributed by atoms with Crippen molar-refractivity contribution < 1.29 is 29.5 Å². The van der Waals surface area contributed by atoms with Crippen LogP contribution in [0.4, 0.5) is 17.1 Å². The molecule has 47 heavy (non-hydrogen) atoms. The molecule has 4 atom stereocenters. The van der Waals surface area contributed by atoms with E-state index >= 15 is 0 Å². The number of rotatable bonds is 10. The summed E-state index contributed by atoms with van der Waals surface area (Å²) in [4.78, 5) is 29.2. The Bertz CT molecular complexity index is 1680. The minimum Gasteiger partial charge on any atom is -0.507 e. The van der Waals surface area contributed by atoms with Crippen LogP contribution in [-0.4, -0.2) is 46.9 Å². The first-order valence-electron chi connectivity index (χ1n) is 16.6. The predicted molar refractivity (Wildman–Crippen MR) is 185 cm³/mol. The van der Waals surface area contributed by atoms with Gasteiger partial charge in [0.25, 0.3) is 0 Å². The Balaban J connectivity index is 1.23. The maximum Gasteiger partial charge on any atom is 0.455 e. The second-order valence-electron chi connectivity index (χ2n) is 13.1. The van der Waals surface area contributed by atoms with Gasteiger partial charge in [0, 0.05) is 11.4 Å². The van der Waals surface area contributed by atoms with Crippen LogP contribution < -0.4 is 10.2 Å². The summed E-state index contributed by atoms with van der Waals surface area (Å²) in [5.74, 6) is -1.83. The molecule has 3 aliphatic rings. The number of hydrogen-bond donors (Lipinski definition) is 4. The Labute approximate surface area is 276 Å². The predicted octanol–water partition coefficient (Wildman–Crippen LogP) is 6.71. The van der Waals surface area contributed by atoms with E-state index in [1.54, 1.807) is 12.1 Å². The Morgan fingerprint density at radius 2 is 1.66 bits per heavy atom. The highest BCUT2D eigenvalue weighted by Crippen LogP contribution is 2.51. The van der Waals surface area contributed by atoms with Crippen molar-refractivity contribution in [3.05, 3.63) is 100 Å². The van der Waals surface area contributed by atoms with Gasteiger partial charge in [0.1, 0.15) is 5.75 Å². The molecule has 4 N–H and O–H groups in total. The number of aryl methyl sites for hydroxylation is 2. The van der Waals surface area contributed by atoms with Gasteiger partial charge < -0.3 is 25.2 Å². The summed E-state index contributed by atoms with van der Waals surface area (Å²) in [7, 11) is -1.08. The molecule has 2 heterocycles. The van der Waals surface area contributed by atoms with Crippen molar-refractivity contribution in [2.75, 3.05) is 16.8 Å². The van der Waals surface area contributed by atoms with Crippen LogP contribution in [0.5, 0.6) is 5.75 Å². The molecule has 2 saturated heterocycles. The average molecular weight is 635 g/mol. The van der Waals surface area contributed by atoms with E-state index in [4.69, 9.17) is 4.65 Å². The third-order valence-electron chi connectivity index (χ3n) is 9.87. The number of carbonyl (C=O) groups is 2. The summed E-state index contributed by atoms with van der Waals surface area (Å²) in [6.45, 7) is 5.69. The molecule has 1 aliphatic carbocycles. The van der Waals surface area contributed by atoms with E-state index in [-0.39, 0.29) is 24.7 Å². The Morgan fingerprint density at radius 3 is 2.32 bits per heavy atom. The number of aliphatic hydroxyl groups is 1. The number of phenols is 1. The minimum absolute atomic E-state index is 0.201. The summed E-state index contributed by atoms with van der Waals surface area (Å²) in [5.41, 5.74) is 7.80. The summed E-state index contributed by atoms with van der Waals surface area (Å²) in [5, 5.41) is 35.0. The molecule has 3 aromatic carbocycles. The van der Waals surface area contributed by atoms with Crippen molar-refractivity contribution in [3.63, 3.8) is 0 Å². The van der Waals surface area contributed by atoms with Crippen LogP contribution in [0.15, 0.2) is 83.4 Å². The van der Waals surface area contributed by atoms with Gasteiger partial charge in [-0.3, -0.25) is 14.5 Å². The normalized spacial score (nSPS) is 22.9. The van der Waals surface area contributed by atoms with Crippen LogP contribution in [0.1, 0.15) is 55.7 Å². The lowest BCUT2D eigenvalue weighted by molar-refractivity contribution is -0.122. The van der Waals surface area contributed by atoms with Crippen molar-refractivity contribution in [1.29, 1.82) is 0 Å². The first-order valence-corrected chi connectivity index (χ1v) is 16.6. The number of nitrogens with one attached hydrogen (secondary N) is 1. The van der Waals surface area contributed by atoms with Gasteiger partial charge in [-0.2, -0.15) is 0 Å². The van der Waals surface area contributed by atoms with E-state index in [0.717, 1.165) is 52.1 Å². The third kappa shape index (κ3) is 6.66. The fourth-order valence-corrected chi connectivity index (χ4v) is 7.76. The standard InChI is InChI=1S/C38H43BN2O6/c1-4-8-25(19-26-17-23(2)36(43)24(3)18-26)11-16-33-34-27(22-42)20-31-35(32(34)21-39(46)47-33)38(45)41(37(31)44)30-14-12-29(13-15-30)40-28-9-6-5-7-10-28/h5-7,9-10,12-15,17-19,31-33,35,40,42-43,46H,4,8,11,16,20-22H2,1-3H3/b25-19+/t31-,32+,33-,35-/m1/s1. The number of fused-ring (bicyclic) bond motifs is 3. The number of nitrogens with zero attached hydrogens (tertiary/aromatic N) is 1. The van der Waals surface area contributed by atoms with Crippen LogP contribution in [0.3, 0.4) is 0 Å². The quantitative estimate of drug-likeness (QED) is 0.111. The van der Waals surface area contributed by atoms with E-state index < -0.39 is 31.0 Å². The molecule has 3 aromatic rings. The second-order valence-corrected chi connectivity index (χ2v) is 13.1.